The standard InChI is InChI=1S/C22H32N4O/c1-3-12-23-22(24-13-11-21-10-7-16-27-21)25-18(2)19-8-6-9-20(17-19)26-14-4-5-15-26/h6-10,16-18H,3-5,11-15H2,1-2H3,(H2,23,24,25). The first kappa shape index (κ1) is 19.3. The second kappa shape index (κ2) is 10.0. The molecule has 2 heterocycles. The zero-order chi connectivity index (χ0) is 18.9. The van der Waals surface area contributed by atoms with Crippen LogP contribution in [0.4, 0.5) is 5.69 Å². The highest BCUT2D eigenvalue weighted by Crippen LogP contribution is 2.23. The monoisotopic (exact) mass is 368 g/mol. The van der Waals surface area contributed by atoms with E-state index in [4.69, 9.17) is 4.42 Å². The van der Waals surface area contributed by atoms with E-state index < -0.39 is 0 Å². The second-order valence-corrected chi connectivity index (χ2v) is 7.14. The van der Waals surface area contributed by atoms with Crippen LogP contribution in [0.2, 0.25) is 0 Å². The molecule has 0 aliphatic carbocycles. The van der Waals surface area contributed by atoms with Crippen LogP contribution in [0.3, 0.4) is 0 Å². The van der Waals surface area contributed by atoms with Crippen molar-refractivity contribution in [2.45, 2.75) is 45.6 Å². The van der Waals surface area contributed by atoms with Crippen LogP contribution in [0.25, 0.3) is 0 Å². The lowest BCUT2D eigenvalue weighted by molar-refractivity contribution is 0.506. The number of hydrogen-bond acceptors (Lipinski definition) is 3. The van der Waals surface area contributed by atoms with Crippen LogP contribution in [0.5, 0.6) is 0 Å². The summed E-state index contributed by atoms with van der Waals surface area (Å²) >= 11 is 0. The minimum absolute atomic E-state index is 0.194. The number of nitrogens with one attached hydrogen (secondary N) is 2. The maximum Gasteiger partial charge on any atom is 0.191 e. The van der Waals surface area contributed by atoms with E-state index in [2.05, 4.69) is 58.6 Å². The molecule has 0 bridgehead atoms. The number of aliphatic imine (C=N–C) groups is 1. The van der Waals surface area contributed by atoms with E-state index in [0.29, 0.717) is 0 Å². The van der Waals surface area contributed by atoms with Crippen LogP contribution in [0, 0.1) is 0 Å². The van der Waals surface area contributed by atoms with Gasteiger partial charge in [-0.05, 0) is 56.0 Å². The van der Waals surface area contributed by atoms with Gasteiger partial charge >= 0.3 is 0 Å². The van der Waals surface area contributed by atoms with Crippen LogP contribution in [0.15, 0.2) is 52.1 Å². The van der Waals surface area contributed by atoms with Crippen LogP contribution in [-0.2, 0) is 6.42 Å². The van der Waals surface area contributed by atoms with Crippen LogP contribution >= 0.6 is 0 Å². The van der Waals surface area contributed by atoms with Gasteiger partial charge in [0.15, 0.2) is 5.96 Å². The molecule has 1 saturated heterocycles. The first-order valence-corrected chi connectivity index (χ1v) is 10.2. The summed E-state index contributed by atoms with van der Waals surface area (Å²) in [6.45, 7) is 8.29. The molecule has 1 aliphatic rings. The zero-order valence-electron chi connectivity index (χ0n) is 16.6. The molecule has 0 amide bonds. The lowest BCUT2D eigenvalue weighted by atomic mass is 10.1. The van der Waals surface area contributed by atoms with E-state index in [1.165, 1.54) is 37.2 Å². The fraction of sp³-hybridized carbons (Fsp3) is 0.500. The Bertz CT molecular complexity index is 705. The molecule has 0 spiro atoms. The highest BCUT2D eigenvalue weighted by atomic mass is 16.3. The number of guanidine groups is 1. The molecule has 1 aliphatic heterocycles. The summed E-state index contributed by atoms with van der Waals surface area (Å²) in [7, 11) is 0. The highest BCUT2D eigenvalue weighted by molar-refractivity contribution is 5.80. The van der Waals surface area contributed by atoms with E-state index in [1.54, 1.807) is 6.26 Å². The largest absolute Gasteiger partial charge is 0.469 e. The molecule has 5 heteroatoms. The maximum atomic E-state index is 5.40. The Kier molecular flexibility index (Phi) is 7.19. The summed E-state index contributed by atoms with van der Waals surface area (Å²) in [5, 5.41) is 6.99. The molecule has 3 rings (SSSR count). The van der Waals surface area contributed by atoms with Gasteiger partial charge in [-0.25, -0.2) is 0 Å². The molecule has 1 atom stereocenters. The summed E-state index contributed by atoms with van der Waals surface area (Å²) in [5.74, 6) is 1.85. The molecule has 2 N–H and O–H groups in total. The van der Waals surface area contributed by atoms with E-state index in [1.807, 2.05) is 12.1 Å². The number of hydrogen-bond donors (Lipinski definition) is 2. The van der Waals surface area contributed by atoms with Crippen molar-refractivity contribution in [2.24, 2.45) is 4.99 Å². The fourth-order valence-corrected chi connectivity index (χ4v) is 3.39. The minimum Gasteiger partial charge on any atom is -0.469 e. The van der Waals surface area contributed by atoms with Crippen LogP contribution < -0.4 is 15.5 Å². The molecule has 1 aromatic heterocycles. The molecule has 1 unspecified atom stereocenters. The van der Waals surface area contributed by atoms with Gasteiger partial charge in [-0.15, -0.1) is 0 Å². The normalized spacial score (nSPS) is 15.8. The first-order chi connectivity index (χ1) is 13.3. The molecular weight excluding hydrogens is 336 g/mol. The predicted octanol–water partition coefficient (Wildman–Crippen LogP) is 4.13. The topological polar surface area (TPSA) is 52.8 Å². The van der Waals surface area contributed by atoms with E-state index in [9.17, 15) is 0 Å². The Hall–Kier alpha value is -2.43. The van der Waals surface area contributed by atoms with Gasteiger partial charge in [0.1, 0.15) is 5.76 Å². The summed E-state index contributed by atoms with van der Waals surface area (Å²) in [6, 6.07) is 13.0. The summed E-state index contributed by atoms with van der Waals surface area (Å²) < 4.78 is 5.40. The number of anilines is 1. The van der Waals surface area contributed by atoms with Crippen molar-refractivity contribution in [3.05, 3.63) is 54.0 Å². The van der Waals surface area contributed by atoms with Crippen molar-refractivity contribution in [1.82, 2.24) is 10.6 Å². The minimum atomic E-state index is 0.194. The molecule has 1 aromatic carbocycles. The zero-order valence-corrected chi connectivity index (χ0v) is 16.6. The van der Waals surface area contributed by atoms with Crippen molar-refractivity contribution in [1.29, 1.82) is 0 Å². The van der Waals surface area contributed by atoms with E-state index in [0.717, 1.165) is 37.7 Å². The molecule has 5 nitrogen and oxygen atoms in total. The average molecular weight is 369 g/mol. The predicted molar refractivity (Wildman–Crippen MR) is 112 cm³/mol. The molecule has 2 aromatic rings. The third-order valence-corrected chi connectivity index (χ3v) is 4.93. The molecule has 1 fully saturated rings. The van der Waals surface area contributed by atoms with E-state index >= 15 is 0 Å². The summed E-state index contributed by atoms with van der Waals surface area (Å²) in [4.78, 5) is 7.16. The number of rotatable bonds is 8. The van der Waals surface area contributed by atoms with Gasteiger partial charge in [-0.3, -0.25) is 4.99 Å². The van der Waals surface area contributed by atoms with Gasteiger partial charge in [0.2, 0.25) is 0 Å². The van der Waals surface area contributed by atoms with Crippen LogP contribution in [-0.4, -0.2) is 32.1 Å². The molecule has 0 radical (unpaired) electrons. The average Bonchev–Trinajstić information content (AvgIpc) is 3.40. The molecule has 0 saturated carbocycles. The lowest BCUT2D eigenvalue weighted by Crippen LogP contribution is -2.40. The van der Waals surface area contributed by atoms with Crippen molar-refractivity contribution < 1.29 is 4.42 Å². The van der Waals surface area contributed by atoms with Gasteiger partial charge in [-0.1, -0.05) is 19.1 Å². The quantitative estimate of drug-likeness (QED) is 0.543. The Balaban J connectivity index is 1.59. The SMILES string of the molecule is CCCN=C(NCCc1ccco1)NC(C)c1cccc(N2CCCC2)c1. The van der Waals surface area contributed by atoms with Gasteiger partial charge in [0, 0.05) is 38.3 Å². The highest BCUT2D eigenvalue weighted by Gasteiger charge is 2.14. The lowest BCUT2D eigenvalue weighted by Gasteiger charge is -2.22. The molecule has 27 heavy (non-hydrogen) atoms. The smallest absolute Gasteiger partial charge is 0.191 e. The number of benzene rings is 1. The fourth-order valence-electron chi connectivity index (χ4n) is 3.39. The molecule has 146 valence electrons. The van der Waals surface area contributed by atoms with Crippen molar-refractivity contribution >= 4 is 11.6 Å². The Morgan fingerprint density at radius 2 is 2.07 bits per heavy atom. The molecular formula is C22H32N4O. The third-order valence-electron chi connectivity index (χ3n) is 4.93. The number of nitrogens with zero attached hydrogens (tertiary/aromatic N) is 2. The van der Waals surface area contributed by atoms with E-state index in [-0.39, 0.29) is 6.04 Å². The van der Waals surface area contributed by atoms with Crippen LogP contribution in [0.1, 0.15) is 50.5 Å². The third kappa shape index (κ3) is 5.78. The van der Waals surface area contributed by atoms with Gasteiger partial charge < -0.3 is 20.0 Å². The van der Waals surface area contributed by atoms with Crippen molar-refractivity contribution in [3.63, 3.8) is 0 Å². The second-order valence-electron chi connectivity index (χ2n) is 7.14. The maximum absolute atomic E-state index is 5.40. The van der Waals surface area contributed by atoms with Crippen molar-refractivity contribution in [3.8, 4) is 0 Å². The van der Waals surface area contributed by atoms with Gasteiger partial charge in [0.05, 0.1) is 12.3 Å². The Morgan fingerprint density at radius 3 is 2.81 bits per heavy atom. The van der Waals surface area contributed by atoms with Gasteiger partial charge in [0.25, 0.3) is 0 Å². The van der Waals surface area contributed by atoms with Crippen molar-refractivity contribution in [2.75, 3.05) is 31.1 Å². The Morgan fingerprint density at radius 1 is 1.22 bits per heavy atom. The van der Waals surface area contributed by atoms with Gasteiger partial charge in [-0.2, -0.15) is 0 Å². The Labute approximate surface area is 162 Å². The summed E-state index contributed by atoms with van der Waals surface area (Å²) in [6.07, 6.45) is 6.19. The first-order valence-electron chi connectivity index (χ1n) is 10.2. The summed E-state index contributed by atoms with van der Waals surface area (Å²) in [5.41, 5.74) is 2.62. The number of furan rings is 1.